The molecule has 5 nitrogen and oxygen atoms in total. The third kappa shape index (κ3) is 7.80. The first-order valence-corrected chi connectivity index (χ1v) is 16.5. The molecule has 39 heavy (non-hydrogen) atoms. The first kappa shape index (κ1) is 33.3. The number of hydrogen-bond donors (Lipinski definition) is 3. The van der Waals surface area contributed by atoms with Crippen molar-refractivity contribution in [2.24, 2.45) is 28.6 Å². The summed E-state index contributed by atoms with van der Waals surface area (Å²) in [4.78, 5) is 0. The van der Waals surface area contributed by atoms with E-state index in [0.29, 0.717) is 5.92 Å². The Balaban J connectivity index is 1.56. The first-order valence-electron chi connectivity index (χ1n) is 16.5. The van der Waals surface area contributed by atoms with Crippen LogP contribution >= 0.6 is 0 Å². The maximum Gasteiger partial charge on any atom is 0.0865 e. The summed E-state index contributed by atoms with van der Waals surface area (Å²) in [6, 6.07) is 0. The van der Waals surface area contributed by atoms with Crippen molar-refractivity contribution in [2.75, 3.05) is 7.11 Å². The maximum atomic E-state index is 11.5. The van der Waals surface area contributed by atoms with Gasteiger partial charge >= 0.3 is 0 Å². The molecule has 3 rings (SSSR count). The van der Waals surface area contributed by atoms with Crippen molar-refractivity contribution in [3.8, 4) is 0 Å². The van der Waals surface area contributed by atoms with Gasteiger partial charge in [-0.05, 0) is 94.8 Å². The second-order valence-corrected chi connectivity index (χ2v) is 15.5. The molecule has 0 aromatic carbocycles. The predicted molar refractivity (Wildman–Crippen MR) is 160 cm³/mol. The van der Waals surface area contributed by atoms with Crippen LogP contribution in [0.1, 0.15) is 145 Å². The average molecular weight is 553 g/mol. The van der Waals surface area contributed by atoms with Crippen LogP contribution in [0.2, 0.25) is 0 Å². The highest BCUT2D eigenvalue weighted by molar-refractivity contribution is 5.07. The Morgan fingerprint density at radius 3 is 2.15 bits per heavy atom. The standard InChI is InChI=1S/C34H64O5/c1-9-10-11-12-13-14-15-16-29(36)31(2,3)25-18-17-24(21-27(25)35)33(6)22-26(28(23-33)38-8)34(7)20-19-30(39-34)32(4,5)37/h24-30,35-37H,9-23H2,1-8H3. The molecule has 9 unspecified atom stereocenters. The van der Waals surface area contributed by atoms with Crippen LogP contribution in [-0.4, -0.2) is 58.0 Å². The summed E-state index contributed by atoms with van der Waals surface area (Å²) in [5.41, 5.74) is -1.31. The van der Waals surface area contributed by atoms with Crippen LogP contribution in [-0.2, 0) is 9.47 Å². The quantitative estimate of drug-likeness (QED) is 0.195. The smallest absolute Gasteiger partial charge is 0.0865 e. The van der Waals surface area contributed by atoms with Crippen LogP contribution in [0.3, 0.4) is 0 Å². The Hall–Kier alpha value is -0.200. The van der Waals surface area contributed by atoms with Gasteiger partial charge in [0.1, 0.15) is 0 Å². The minimum atomic E-state index is -0.837. The van der Waals surface area contributed by atoms with E-state index in [2.05, 4.69) is 34.6 Å². The number of unbranched alkanes of at least 4 members (excludes halogenated alkanes) is 6. The molecule has 1 heterocycles. The van der Waals surface area contributed by atoms with Crippen molar-refractivity contribution in [2.45, 2.75) is 180 Å². The Morgan fingerprint density at radius 2 is 1.59 bits per heavy atom. The number of rotatable bonds is 14. The van der Waals surface area contributed by atoms with Gasteiger partial charge in [-0.15, -0.1) is 0 Å². The fourth-order valence-corrected chi connectivity index (χ4v) is 8.70. The Morgan fingerprint density at radius 1 is 0.949 bits per heavy atom. The maximum absolute atomic E-state index is 11.5. The number of methoxy groups -OCH3 is 1. The highest BCUT2D eigenvalue weighted by Gasteiger charge is 2.57. The predicted octanol–water partition coefficient (Wildman–Crippen LogP) is 7.43. The molecule has 9 atom stereocenters. The molecule has 1 aliphatic heterocycles. The summed E-state index contributed by atoms with van der Waals surface area (Å²) < 4.78 is 12.7. The molecule has 0 aromatic heterocycles. The van der Waals surface area contributed by atoms with Crippen molar-refractivity contribution in [3.05, 3.63) is 0 Å². The number of aliphatic hydroxyl groups excluding tert-OH is 2. The van der Waals surface area contributed by atoms with Crippen molar-refractivity contribution < 1.29 is 24.8 Å². The zero-order valence-electron chi connectivity index (χ0n) is 26.8. The molecule has 3 N–H and O–H groups in total. The van der Waals surface area contributed by atoms with Gasteiger partial charge in [0.15, 0.2) is 0 Å². The van der Waals surface area contributed by atoms with E-state index in [0.717, 1.165) is 57.8 Å². The Bertz CT molecular complexity index is 746. The summed E-state index contributed by atoms with van der Waals surface area (Å²) in [7, 11) is 1.83. The van der Waals surface area contributed by atoms with E-state index in [4.69, 9.17) is 9.47 Å². The van der Waals surface area contributed by atoms with Crippen LogP contribution in [0.25, 0.3) is 0 Å². The lowest BCUT2D eigenvalue weighted by atomic mass is 9.59. The van der Waals surface area contributed by atoms with Gasteiger partial charge in [0.05, 0.1) is 35.6 Å². The topological polar surface area (TPSA) is 79.2 Å². The number of aliphatic hydroxyl groups is 3. The minimum absolute atomic E-state index is 0.0943. The molecular weight excluding hydrogens is 488 g/mol. The summed E-state index contributed by atoms with van der Waals surface area (Å²) >= 11 is 0. The van der Waals surface area contributed by atoms with Crippen molar-refractivity contribution in [3.63, 3.8) is 0 Å². The lowest BCUT2D eigenvalue weighted by molar-refractivity contribution is -0.149. The summed E-state index contributed by atoms with van der Waals surface area (Å²) in [5, 5.41) is 33.2. The van der Waals surface area contributed by atoms with Crippen LogP contribution in [0.15, 0.2) is 0 Å². The largest absolute Gasteiger partial charge is 0.393 e. The zero-order valence-corrected chi connectivity index (χ0v) is 26.8. The Labute approximate surface area is 240 Å². The van der Waals surface area contributed by atoms with Gasteiger partial charge < -0.3 is 24.8 Å². The number of ether oxygens (including phenoxy) is 2. The molecule has 3 aliphatic rings. The van der Waals surface area contributed by atoms with Gasteiger partial charge in [-0.2, -0.15) is 0 Å². The fraction of sp³-hybridized carbons (Fsp3) is 1.00. The Kier molecular flexibility index (Phi) is 11.4. The van der Waals surface area contributed by atoms with Crippen molar-refractivity contribution >= 4 is 0 Å². The van der Waals surface area contributed by atoms with Crippen molar-refractivity contribution in [1.29, 1.82) is 0 Å². The van der Waals surface area contributed by atoms with E-state index in [-0.39, 0.29) is 52.7 Å². The normalized spacial score (nSPS) is 38.8. The molecule has 0 radical (unpaired) electrons. The fourth-order valence-electron chi connectivity index (χ4n) is 8.70. The van der Waals surface area contributed by atoms with Gasteiger partial charge in [-0.1, -0.05) is 72.6 Å². The molecule has 2 aliphatic carbocycles. The molecule has 0 spiro atoms. The van der Waals surface area contributed by atoms with Crippen LogP contribution in [0.4, 0.5) is 0 Å². The first-order chi connectivity index (χ1) is 18.2. The van der Waals surface area contributed by atoms with Crippen molar-refractivity contribution in [1.82, 2.24) is 0 Å². The van der Waals surface area contributed by atoms with E-state index in [1.54, 1.807) is 0 Å². The molecule has 3 fully saturated rings. The lowest BCUT2D eigenvalue weighted by Gasteiger charge is -2.48. The molecule has 1 saturated heterocycles. The van der Waals surface area contributed by atoms with Crippen LogP contribution in [0, 0.1) is 28.6 Å². The average Bonchev–Trinajstić information content (AvgIpc) is 3.45. The van der Waals surface area contributed by atoms with Gasteiger partial charge in [0.25, 0.3) is 0 Å². The molecule has 0 amide bonds. The minimum Gasteiger partial charge on any atom is -0.393 e. The highest BCUT2D eigenvalue weighted by atomic mass is 16.5. The number of hydrogen-bond acceptors (Lipinski definition) is 5. The molecule has 5 heteroatoms. The third-order valence-corrected chi connectivity index (χ3v) is 11.7. The van der Waals surface area contributed by atoms with E-state index < -0.39 is 5.60 Å². The molecule has 230 valence electrons. The molecule has 2 saturated carbocycles. The summed E-state index contributed by atoms with van der Waals surface area (Å²) in [6.07, 6.45) is 15.6. The van der Waals surface area contributed by atoms with Gasteiger partial charge in [-0.3, -0.25) is 0 Å². The lowest BCUT2D eigenvalue weighted by Crippen LogP contribution is -2.47. The van der Waals surface area contributed by atoms with E-state index in [1.807, 2.05) is 21.0 Å². The SMILES string of the molecule is CCCCCCCCCC(O)C(C)(C)C1CCC(C2(C)CC(OC)C(C3(C)CCC(C(C)(C)O)O3)C2)CC1O. The van der Waals surface area contributed by atoms with Gasteiger partial charge in [-0.25, -0.2) is 0 Å². The second-order valence-electron chi connectivity index (χ2n) is 15.5. The van der Waals surface area contributed by atoms with Gasteiger partial charge in [0.2, 0.25) is 0 Å². The van der Waals surface area contributed by atoms with E-state index >= 15 is 0 Å². The third-order valence-electron chi connectivity index (χ3n) is 11.7. The van der Waals surface area contributed by atoms with E-state index in [9.17, 15) is 15.3 Å². The highest BCUT2D eigenvalue weighted by Crippen LogP contribution is 2.58. The molecule has 0 aromatic rings. The van der Waals surface area contributed by atoms with Crippen LogP contribution < -0.4 is 0 Å². The van der Waals surface area contributed by atoms with E-state index in [1.165, 1.54) is 38.5 Å². The summed E-state index contributed by atoms with van der Waals surface area (Å²) in [5.74, 6) is 0.864. The van der Waals surface area contributed by atoms with Crippen LogP contribution in [0.5, 0.6) is 0 Å². The monoisotopic (exact) mass is 552 g/mol. The second kappa shape index (κ2) is 13.4. The molecule has 0 bridgehead atoms. The van der Waals surface area contributed by atoms with Gasteiger partial charge in [0, 0.05) is 13.0 Å². The summed E-state index contributed by atoms with van der Waals surface area (Å²) in [6.45, 7) is 14.9. The molecular formula is C34H64O5. The zero-order chi connectivity index (χ0) is 29.1.